The molecule has 0 bridgehead atoms. The summed E-state index contributed by atoms with van der Waals surface area (Å²) in [6, 6.07) is 9.81. The van der Waals surface area contributed by atoms with Crippen LogP contribution < -0.4 is 0 Å². The normalized spacial score (nSPS) is 18.0. The van der Waals surface area contributed by atoms with Crippen molar-refractivity contribution in [1.82, 2.24) is 34.9 Å². The van der Waals surface area contributed by atoms with Crippen molar-refractivity contribution in [2.24, 2.45) is 5.92 Å². The predicted octanol–water partition coefficient (Wildman–Crippen LogP) is 2.42. The summed E-state index contributed by atoms with van der Waals surface area (Å²) in [4.78, 5) is 32.7. The average Bonchev–Trinajstić information content (AvgIpc) is 3.55. The molecule has 5 rings (SSSR count). The van der Waals surface area contributed by atoms with Gasteiger partial charge in [0.05, 0.1) is 12.2 Å². The Balaban J connectivity index is 1.17. The zero-order valence-corrected chi connectivity index (χ0v) is 18.6. The van der Waals surface area contributed by atoms with Gasteiger partial charge in [0.25, 0.3) is 5.89 Å². The molecule has 10 heteroatoms. The molecule has 2 amide bonds. The summed E-state index contributed by atoms with van der Waals surface area (Å²) >= 11 is 0. The van der Waals surface area contributed by atoms with Crippen LogP contribution in [0.25, 0.3) is 23.0 Å². The van der Waals surface area contributed by atoms with Crippen molar-refractivity contribution in [1.29, 1.82) is 0 Å². The Kier molecular flexibility index (Phi) is 5.89. The Hall–Kier alpha value is -3.56. The third-order valence-electron chi connectivity index (χ3n) is 6.63. The molecule has 3 aromatic rings. The van der Waals surface area contributed by atoms with Crippen LogP contribution in [0.5, 0.6) is 0 Å². The Morgan fingerprint density at radius 2 is 1.67 bits per heavy atom. The number of hydrogen-bond donors (Lipinski definition) is 0. The van der Waals surface area contributed by atoms with Crippen molar-refractivity contribution in [3.8, 4) is 23.0 Å². The Labute approximate surface area is 191 Å². The monoisotopic (exact) mass is 449 g/mol. The maximum atomic E-state index is 12.9. The van der Waals surface area contributed by atoms with Crippen LogP contribution in [0.2, 0.25) is 0 Å². The minimum absolute atomic E-state index is 0.0199. The van der Waals surface area contributed by atoms with Crippen LogP contribution in [0.1, 0.15) is 38.6 Å². The number of nitrogens with zero attached hydrogens (tertiary/aromatic N) is 7. The third kappa shape index (κ3) is 4.50. The second-order valence-electron chi connectivity index (χ2n) is 8.71. The lowest BCUT2D eigenvalue weighted by atomic mass is 9.94. The number of carbonyl (C=O) groups is 2. The van der Waals surface area contributed by atoms with Crippen molar-refractivity contribution in [3.05, 3.63) is 36.5 Å². The summed E-state index contributed by atoms with van der Waals surface area (Å²) in [5.41, 5.74) is 1.42. The molecule has 0 aliphatic carbocycles. The molecule has 2 fully saturated rings. The Morgan fingerprint density at radius 1 is 0.970 bits per heavy atom. The van der Waals surface area contributed by atoms with Gasteiger partial charge in [0, 0.05) is 44.6 Å². The van der Waals surface area contributed by atoms with Crippen molar-refractivity contribution in [2.75, 3.05) is 26.2 Å². The van der Waals surface area contributed by atoms with Gasteiger partial charge in [-0.3, -0.25) is 9.59 Å². The van der Waals surface area contributed by atoms with E-state index in [1.54, 1.807) is 6.92 Å². The highest BCUT2D eigenvalue weighted by atomic mass is 16.5. The number of likely N-dealkylation sites (tertiary alicyclic amines) is 2. The van der Waals surface area contributed by atoms with Gasteiger partial charge in [0.2, 0.25) is 17.6 Å². The van der Waals surface area contributed by atoms with Crippen LogP contribution in [0.3, 0.4) is 0 Å². The fourth-order valence-corrected chi connectivity index (χ4v) is 4.64. The van der Waals surface area contributed by atoms with Crippen molar-refractivity contribution < 1.29 is 14.1 Å². The smallest absolute Gasteiger partial charge is 0.280 e. The van der Waals surface area contributed by atoms with E-state index in [-0.39, 0.29) is 23.8 Å². The van der Waals surface area contributed by atoms with Crippen LogP contribution in [-0.2, 0) is 9.59 Å². The Bertz CT molecular complexity index is 1110. The maximum Gasteiger partial charge on any atom is 0.280 e. The highest BCUT2D eigenvalue weighted by molar-refractivity contribution is 5.80. The molecule has 0 atom stereocenters. The first-order chi connectivity index (χ1) is 16.1. The number of benzene rings is 1. The molecule has 4 heterocycles. The van der Waals surface area contributed by atoms with Gasteiger partial charge < -0.3 is 14.3 Å². The third-order valence-corrected chi connectivity index (χ3v) is 6.63. The number of carbonyl (C=O) groups excluding carboxylic acids is 2. The average molecular weight is 450 g/mol. The van der Waals surface area contributed by atoms with E-state index in [0.717, 1.165) is 31.2 Å². The first-order valence-electron chi connectivity index (χ1n) is 11.4. The van der Waals surface area contributed by atoms with E-state index in [2.05, 4.69) is 20.5 Å². The molecule has 0 N–H and O–H groups in total. The standard InChI is InChI=1S/C23H27N7O3/c1-16(31)28-11-7-18(8-12-28)23(32)29-13-9-19(10-14-29)30-15-20(25-27-30)22-24-21(26-33-22)17-5-3-2-4-6-17/h2-6,15,18-19H,7-14H2,1H3. The van der Waals surface area contributed by atoms with E-state index in [1.165, 1.54) is 0 Å². The van der Waals surface area contributed by atoms with Gasteiger partial charge in [-0.25, -0.2) is 4.68 Å². The molecular formula is C23H27N7O3. The molecule has 0 spiro atoms. The number of rotatable bonds is 4. The highest BCUT2D eigenvalue weighted by Gasteiger charge is 2.32. The summed E-state index contributed by atoms with van der Waals surface area (Å²) < 4.78 is 7.23. The van der Waals surface area contributed by atoms with Gasteiger partial charge in [-0.1, -0.05) is 40.7 Å². The van der Waals surface area contributed by atoms with Gasteiger partial charge >= 0.3 is 0 Å². The quantitative estimate of drug-likeness (QED) is 0.601. The number of amides is 2. The molecule has 0 radical (unpaired) electrons. The fraction of sp³-hybridized carbons (Fsp3) is 0.478. The van der Waals surface area contributed by atoms with Gasteiger partial charge in [-0.15, -0.1) is 5.10 Å². The van der Waals surface area contributed by atoms with Gasteiger partial charge in [-0.05, 0) is 25.7 Å². The highest BCUT2D eigenvalue weighted by Crippen LogP contribution is 2.27. The molecule has 2 aliphatic rings. The van der Waals surface area contributed by atoms with Crippen LogP contribution >= 0.6 is 0 Å². The lowest BCUT2D eigenvalue weighted by Gasteiger charge is -2.37. The summed E-state index contributed by atoms with van der Waals surface area (Å²) in [5.74, 6) is 1.18. The first kappa shape index (κ1) is 21.3. The lowest BCUT2D eigenvalue weighted by molar-refractivity contribution is -0.141. The van der Waals surface area contributed by atoms with E-state index in [9.17, 15) is 9.59 Å². The van der Waals surface area contributed by atoms with E-state index in [4.69, 9.17) is 4.52 Å². The minimum Gasteiger partial charge on any atom is -0.343 e. The SMILES string of the molecule is CC(=O)N1CCC(C(=O)N2CCC(n3cc(-c4nc(-c5ccccc5)no4)nn3)CC2)CC1. The Morgan fingerprint density at radius 3 is 2.36 bits per heavy atom. The van der Waals surface area contributed by atoms with Gasteiger partial charge in [0.15, 0.2) is 5.69 Å². The van der Waals surface area contributed by atoms with Crippen LogP contribution in [-0.4, -0.2) is 72.9 Å². The zero-order valence-electron chi connectivity index (χ0n) is 18.6. The largest absolute Gasteiger partial charge is 0.343 e. The second kappa shape index (κ2) is 9.13. The molecule has 10 nitrogen and oxygen atoms in total. The van der Waals surface area contributed by atoms with Gasteiger partial charge in [0.1, 0.15) is 0 Å². The maximum absolute atomic E-state index is 12.9. The topological polar surface area (TPSA) is 110 Å². The number of hydrogen-bond acceptors (Lipinski definition) is 7. The molecule has 2 aromatic heterocycles. The van der Waals surface area contributed by atoms with Crippen LogP contribution in [0, 0.1) is 5.92 Å². The van der Waals surface area contributed by atoms with E-state index < -0.39 is 0 Å². The van der Waals surface area contributed by atoms with E-state index >= 15 is 0 Å². The lowest BCUT2D eigenvalue weighted by Crippen LogP contribution is -2.46. The fourth-order valence-electron chi connectivity index (χ4n) is 4.64. The number of piperidine rings is 2. The number of aromatic nitrogens is 5. The molecule has 2 saturated heterocycles. The molecule has 0 saturated carbocycles. The molecule has 0 unspecified atom stereocenters. The molecule has 1 aromatic carbocycles. The van der Waals surface area contributed by atoms with Crippen LogP contribution in [0.4, 0.5) is 0 Å². The first-order valence-corrected chi connectivity index (χ1v) is 11.4. The predicted molar refractivity (Wildman–Crippen MR) is 119 cm³/mol. The molecular weight excluding hydrogens is 422 g/mol. The summed E-state index contributed by atoms with van der Waals surface area (Å²) in [5, 5.41) is 12.5. The zero-order chi connectivity index (χ0) is 22.8. The van der Waals surface area contributed by atoms with Crippen molar-refractivity contribution >= 4 is 11.8 Å². The summed E-state index contributed by atoms with van der Waals surface area (Å²) in [6.07, 6.45) is 4.97. The van der Waals surface area contributed by atoms with Crippen molar-refractivity contribution in [3.63, 3.8) is 0 Å². The van der Waals surface area contributed by atoms with Crippen LogP contribution in [0.15, 0.2) is 41.1 Å². The molecule has 172 valence electrons. The summed E-state index contributed by atoms with van der Waals surface area (Å²) in [6.45, 7) is 4.33. The minimum atomic E-state index is 0.0199. The second-order valence-corrected chi connectivity index (χ2v) is 8.71. The van der Waals surface area contributed by atoms with E-state index in [1.807, 2.05) is 51.0 Å². The molecule has 2 aliphatic heterocycles. The van der Waals surface area contributed by atoms with Crippen molar-refractivity contribution in [2.45, 2.75) is 38.6 Å². The van der Waals surface area contributed by atoms with E-state index in [0.29, 0.717) is 43.6 Å². The summed E-state index contributed by atoms with van der Waals surface area (Å²) in [7, 11) is 0. The molecule has 33 heavy (non-hydrogen) atoms. The van der Waals surface area contributed by atoms with Gasteiger partial charge in [-0.2, -0.15) is 4.98 Å².